The van der Waals surface area contributed by atoms with Gasteiger partial charge in [-0.1, -0.05) is 19.1 Å². The van der Waals surface area contributed by atoms with Gasteiger partial charge in [0, 0.05) is 17.8 Å². The minimum absolute atomic E-state index is 0.275. The Labute approximate surface area is 119 Å². The largest absolute Gasteiger partial charge is 0.494 e. The van der Waals surface area contributed by atoms with Crippen LogP contribution < -0.4 is 4.74 Å². The number of rotatable bonds is 6. The maximum absolute atomic E-state index is 11.3. The highest BCUT2D eigenvalue weighted by atomic mass is 16.5. The molecule has 4 heteroatoms. The van der Waals surface area contributed by atoms with Gasteiger partial charge in [0.2, 0.25) is 0 Å². The van der Waals surface area contributed by atoms with E-state index < -0.39 is 0 Å². The summed E-state index contributed by atoms with van der Waals surface area (Å²) in [6.07, 6.45) is 3.64. The van der Waals surface area contributed by atoms with E-state index in [2.05, 4.69) is 18.9 Å². The number of hydrogen-bond acceptors (Lipinski definition) is 3. The van der Waals surface area contributed by atoms with Crippen molar-refractivity contribution in [2.45, 2.75) is 33.2 Å². The fourth-order valence-electron chi connectivity index (χ4n) is 2.03. The predicted octanol–water partition coefficient (Wildman–Crippen LogP) is 3.73. The van der Waals surface area contributed by atoms with Crippen molar-refractivity contribution in [3.63, 3.8) is 0 Å². The van der Waals surface area contributed by atoms with Gasteiger partial charge in [0.05, 0.1) is 12.2 Å². The number of benzene rings is 1. The van der Waals surface area contributed by atoms with Crippen molar-refractivity contribution in [2.75, 3.05) is 6.61 Å². The van der Waals surface area contributed by atoms with Gasteiger partial charge in [0.15, 0.2) is 6.29 Å². The molecule has 1 aromatic heterocycles. The molecule has 1 aromatic carbocycles. The summed E-state index contributed by atoms with van der Waals surface area (Å²) in [5, 5.41) is 4.55. The average Bonchev–Trinajstić information content (AvgIpc) is 2.91. The first-order valence-corrected chi connectivity index (χ1v) is 6.97. The van der Waals surface area contributed by atoms with E-state index in [0.29, 0.717) is 17.9 Å². The Hall–Kier alpha value is -2.10. The van der Waals surface area contributed by atoms with Crippen molar-refractivity contribution in [3.05, 3.63) is 36.0 Å². The minimum Gasteiger partial charge on any atom is -0.494 e. The lowest BCUT2D eigenvalue weighted by molar-refractivity contribution is 0.112. The lowest BCUT2D eigenvalue weighted by atomic mass is 10.1. The van der Waals surface area contributed by atoms with Crippen molar-refractivity contribution in [1.29, 1.82) is 0 Å². The molecule has 20 heavy (non-hydrogen) atoms. The van der Waals surface area contributed by atoms with Crippen LogP contribution in [0.1, 0.15) is 43.6 Å². The first kappa shape index (κ1) is 14.3. The summed E-state index contributed by atoms with van der Waals surface area (Å²) in [4.78, 5) is 11.3. The van der Waals surface area contributed by atoms with E-state index in [1.807, 2.05) is 42.1 Å². The molecule has 0 saturated carbocycles. The summed E-state index contributed by atoms with van der Waals surface area (Å²) in [7, 11) is 0. The smallest absolute Gasteiger partial charge is 0.153 e. The van der Waals surface area contributed by atoms with Crippen molar-refractivity contribution in [2.24, 2.45) is 0 Å². The normalized spacial score (nSPS) is 12.2. The highest BCUT2D eigenvalue weighted by Gasteiger charge is 2.13. The highest BCUT2D eigenvalue weighted by Crippen LogP contribution is 2.26. The van der Waals surface area contributed by atoms with Gasteiger partial charge in [-0.3, -0.25) is 9.48 Å². The van der Waals surface area contributed by atoms with E-state index in [-0.39, 0.29) is 6.04 Å². The van der Waals surface area contributed by atoms with Crippen molar-refractivity contribution >= 4 is 6.29 Å². The standard InChI is InChI=1S/C16H20N2O2/c1-4-12(3)18-10-14(11-19)16(17-18)13-7-6-8-15(9-13)20-5-2/h6-12H,4-5H2,1-3H3. The first-order valence-electron chi connectivity index (χ1n) is 6.97. The van der Waals surface area contributed by atoms with E-state index in [4.69, 9.17) is 4.74 Å². The number of carbonyl (C=O) groups is 1. The number of aromatic nitrogens is 2. The molecule has 1 atom stereocenters. The molecule has 0 fully saturated rings. The number of carbonyl (C=O) groups excluding carboxylic acids is 1. The van der Waals surface area contributed by atoms with Gasteiger partial charge in [0.1, 0.15) is 11.4 Å². The molecule has 1 unspecified atom stereocenters. The van der Waals surface area contributed by atoms with Crippen molar-refractivity contribution < 1.29 is 9.53 Å². The van der Waals surface area contributed by atoms with Gasteiger partial charge in [-0.05, 0) is 32.4 Å². The molecule has 0 bridgehead atoms. The molecule has 2 rings (SSSR count). The number of nitrogens with zero attached hydrogens (tertiary/aromatic N) is 2. The van der Waals surface area contributed by atoms with Gasteiger partial charge in [0.25, 0.3) is 0 Å². The topological polar surface area (TPSA) is 44.1 Å². The lowest BCUT2D eigenvalue weighted by Gasteiger charge is -2.08. The van der Waals surface area contributed by atoms with E-state index in [0.717, 1.165) is 24.0 Å². The average molecular weight is 272 g/mol. The number of hydrogen-bond donors (Lipinski definition) is 0. The molecule has 2 aromatic rings. The molecule has 106 valence electrons. The Morgan fingerprint density at radius 2 is 2.20 bits per heavy atom. The number of ether oxygens (including phenoxy) is 1. The molecule has 0 amide bonds. The van der Waals surface area contributed by atoms with Crippen LogP contribution in [0.15, 0.2) is 30.5 Å². The zero-order chi connectivity index (χ0) is 14.5. The van der Waals surface area contributed by atoms with Gasteiger partial charge in [-0.15, -0.1) is 0 Å². The molecule has 0 saturated heterocycles. The van der Waals surface area contributed by atoms with Gasteiger partial charge in [-0.25, -0.2) is 0 Å². The monoisotopic (exact) mass is 272 g/mol. The van der Waals surface area contributed by atoms with E-state index in [9.17, 15) is 4.79 Å². The third-order valence-electron chi connectivity index (χ3n) is 3.35. The molecular weight excluding hydrogens is 252 g/mol. The maximum Gasteiger partial charge on any atom is 0.153 e. The van der Waals surface area contributed by atoms with Crippen molar-refractivity contribution in [3.8, 4) is 17.0 Å². The fraction of sp³-hybridized carbons (Fsp3) is 0.375. The second-order valence-corrected chi connectivity index (χ2v) is 4.75. The summed E-state index contributed by atoms with van der Waals surface area (Å²) in [6.45, 7) is 6.75. The molecule has 1 heterocycles. The van der Waals surface area contributed by atoms with Crippen LogP contribution in [0.3, 0.4) is 0 Å². The molecule has 0 aliphatic carbocycles. The van der Waals surface area contributed by atoms with Crippen LogP contribution in [-0.4, -0.2) is 22.7 Å². The van der Waals surface area contributed by atoms with Crippen LogP contribution >= 0.6 is 0 Å². The van der Waals surface area contributed by atoms with Gasteiger partial charge in [-0.2, -0.15) is 5.10 Å². The zero-order valence-electron chi connectivity index (χ0n) is 12.2. The van der Waals surface area contributed by atoms with Crippen LogP contribution in [0.2, 0.25) is 0 Å². The van der Waals surface area contributed by atoms with Gasteiger partial charge < -0.3 is 4.74 Å². The Morgan fingerprint density at radius 1 is 1.40 bits per heavy atom. The van der Waals surface area contributed by atoms with Crippen LogP contribution in [0, 0.1) is 0 Å². The third kappa shape index (κ3) is 2.90. The summed E-state index contributed by atoms with van der Waals surface area (Å²) in [5.74, 6) is 0.792. The summed E-state index contributed by atoms with van der Waals surface area (Å²) in [6, 6.07) is 7.95. The number of aldehydes is 1. The summed E-state index contributed by atoms with van der Waals surface area (Å²) in [5.41, 5.74) is 2.22. The maximum atomic E-state index is 11.3. The van der Waals surface area contributed by atoms with E-state index >= 15 is 0 Å². The minimum atomic E-state index is 0.275. The zero-order valence-corrected chi connectivity index (χ0v) is 12.2. The van der Waals surface area contributed by atoms with Crippen LogP contribution in [0.25, 0.3) is 11.3 Å². The third-order valence-corrected chi connectivity index (χ3v) is 3.35. The Balaban J connectivity index is 2.43. The lowest BCUT2D eigenvalue weighted by Crippen LogP contribution is -2.04. The highest BCUT2D eigenvalue weighted by molar-refractivity contribution is 5.85. The molecule has 4 nitrogen and oxygen atoms in total. The fourth-order valence-corrected chi connectivity index (χ4v) is 2.03. The van der Waals surface area contributed by atoms with Gasteiger partial charge >= 0.3 is 0 Å². The quantitative estimate of drug-likeness (QED) is 0.752. The molecule has 0 aliphatic rings. The van der Waals surface area contributed by atoms with Crippen LogP contribution in [0.5, 0.6) is 5.75 Å². The summed E-state index contributed by atoms with van der Waals surface area (Å²) >= 11 is 0. The Morgan fingerprint density at radius 3 is 2.85 bits per heavy atom. The second kappa shape index (κ2) is 6.37. The van der Waals surface area contributed by atoms with E-state index in [1.165, 1.54) is 0 Å². The second-order valence-electron chi connectivity index (χ2n) is 4.75. The Kier molecular flexibility index (Phi) is 4.56. The molecule has 0 radical (unpaired) electrons. The molecular formula is C16H20N2O2. The van der Waals surface area contributed by atoms with Crippen LogP contribution in [0.4, 0.5) is 0 Å². The summed E-state index contributed by atoms with van der Waals surface area (Å²) < 4.78 is 7.35. The van der Waals surface area contributed by atoms with Crippen LogP contribution in [-0.2, 0) is 0 Å². The van der Waals surface area contributed by atoms with Crippen molar-refractivity contribution in [1.82, 2.24) is 9.78 Å². The molecule has 0 N–H and O–H groups in total. The predicted molar refractivity (Wildman–Crippen MR) is 79.2 cm³/mol. The molecule has 0 aliphatic heterocycles. The van der Waals surface area contributed by atoms with E-state index in [1.54, 1.807) is 0 Å². The SMILES string of the molecule is CCOc1cccc(-c2nn(C(C)CC)cc2C=O)c1. The Bertz CT molecular complexity index is 590. The molecule has 0 spiro atoms. The first-order chi connectivity index (χ1) is 9.69.